The molecule has 3 atom stereocenters. The molecule has 1 aromatic carbocycles. The first-order valence-corrected chi connectivity index (χ1v) is 8.89. The summed E-state index contributed by atoms with van der Waals surface area (Å²) in [5.74, 6) is 1.95. The maximum atomic E-state index is 12.7. The van der Waals surface area contributed by atoms with Crippen LogP contribution in [-0.4, -0.2) is 10.9 Å². The van der Waals surface area contributed by atoms with Crippen molar-refractivity contribution in [2.45, 2.75) is 25.9 Å². The molecule has 25 heavy (non-hydrogen) atoms. The molecule has 3 aliphatic carbocycles. The van der Waals surface area contributed by atoms with E-state index < -0.39 is 0 Å². The number of nitrogens with zero attached hydrogens (tertiary/aromatic N) is 1. The molecule has 5 rings (SSSR count). The van der Waals surface area contributed by atoms with Gasteiger partial charge < -0.3 is 10.1 Å². The standard InChI is InChI=1S/C21H22N2O2/c24-21(20-11-15-6-8-17(20)9-7-15)23-18-4-1-5-19(12-18)25-14-16-3-2-10-22-13-16/h1-6,8,10,12-13,15,17,20H,7,9,11,14H2,(H,23,24). The molecule has 2 bridgehead atoms. The fourth-order valence-corrected chi connectivity index (χ4v) is 3.78. The number of pyridine rings is 1. The molecule has 1 saturated carbocycles. The number of anilines is 1. The summed E-state index contributed by atoms with van der Waals surface area (Å²) < 4.78 is 5.81. The molecular weight excluding hydrogens is 312 g/mol. The highest BCUT2D eigenvalue weighted by Gasteiger charge is 2.36. The second-order valence-electron chi connectivity index (χ2n) is 6.90. The van der Waals surface area contributed by atoms with E-state index in [1.54, 1.807) is 12.4 Å². The lowest BCUT2D eigenvalue weighted by Crippen LogP contribution is -2.36. The van der Waals surface area contributed by atoms with Gasteiger partial charge in [0.1, 0.15) is 12.4 Å². The normalized spacial score (nSPS) is 24.1. The highest BCUT2D eigenvalue weighted by molar-refractivity contribution is 5.93. The number of aromatic nitrogens is 1. The van der Waals surface area contributed by atoms with Gasteiger partial charge in [0.25, 0.3) is 0 Å². The molecule has 1 heterocycles. The van der Waals surface area contributed by atoms with Gasteiger partial charge in [0.15, 0.2) is 0 Å². The van der Waals surface area contributed by atoms with Gasteiger partial charge in [-0.25, -0.2) is 0 Å². The Balaban J connectivity index is 1.38. The fourth-order valence-electron chi connectivity index (χ4n) is 3.78. The van der Waals surface area contributed by atoms with Crippen LogP contribution in [0.15, 0.2) is 60.9 Å². The maximum absolute atomic E-state index is 12.7. The number of allylic oxidation sites excluding steroid dienone is 2. The van der Waals surface area contributed by atoms with Crippen LogP contribution in [0.2, 0.25) is 0 Å². The van der Waals surface area contributed by atoms with Gasteiger partial charge in [0.2, 0.25) is 5.91 Å². The average Bonchev–Trinajstić information content (AvgIpc) is 2.68. The summed E-state index contributed by atoms with van der Waals surface area (Å²) in [6.07, 6.45) is 11.4. The van der Waals surface area contributed by atoms with Crippen LogP contribution in [0, 0.1) is 17.8 Å². The summed E-state index contributed by atoms with van der Waals surface area (Å²) in [4.78, 5) is 16.7. The Hall–Kier alpha value is -2.62. The van der Waals surface area contributed by atoms with Crippen LogP contribution in [0.25, 0.3) is 0 Å². The van der Waals surface area contributed by atoms with E-state index in [2.05, 4.69) is 22.5 Å². The third-order valence-corrected chi connectivity index (χ3v) is 5.14. The second-order valence-corrected chi connectivity index (χ2v) is 6.90. The zero-order chi connectivity index (χ0) is 17.1. The van der Waals surface area contributed by atoms with Gasteiger partial charge in [-0.05, 0) is 49.3 Å². The first kappa shape index (κ1) is 15.9. The Morgan fingerprint density at radius 1 is 1.20 bits per heavy atom. The minimum absolute atomic E-state index is 0.101. The van der Waals surface area contributed by atoms with E-state index in [9.17, 15) is 4.79 Å². The van der Waals surface area contributed by atoms with Crippen molar-refractivity contribution >= 4 is 11.6 Å². The summed E-state index contributed by atoms with van der Waals surface area (Å²) in [6, 6.07) is 11.5. The van der Waals surface area contributed by atoms with Crippen LogP contribution in [0.1, 0.15) is 24.8 Å². The van der Waals surface area contributed by atoms with Gasteiger partial charge >= 0.3 is 0 Å². The van der Waals surface area contributed by atoms with Crippen molar-refractivity contribution < 1.29 is 9.53 Å². The fraction of sp³-hybridized carbons (Fsp3) is 0.333. The lowest BCUT2D eigenvalue weighted by atomic mass is 9.69. The van der Waals surface area contributed by atoms with Crippen molar-refractivity contribution in [3.63, 3.8) is 0 Å². The number of amides is 1. The Morgan fingerprint density at radius 3 is 2.88 bits per heavy atom. The number of hydrogen-bond acceptors (Lipinski definition) is 3. The Labute approximate surface area is 147 Å². The van der Waals surface area contributed by atoms with Gasteiger partial charge in [-0.3, -0.25) is 9.78 Å². The molecule has 0 aliphatic heterocycles. The number of fused-ring (bicyclic) bond motifs is 2. The lowest BCUT2D eigenvalue weighted by Gasteiger charge is -2.36. The average molecular weight is 334 g/mol. The number of ether oxygens (including phenoxy) is 1. The predicted molar refractivity (Wildman–Crippen MR) is 97.1 cm³/mol. The third kappa shape index (κ3) is 3.73. The zero-order valence-electron chi connectivity index (χ0n) is 14.1. The predicted octanol–water partition coefficient (Wildman–Crippen LogP) is 4.20. The first-order chi connectivity index (χ1) is 12.3. The lowest BCUT2D eigenvalue weighted by molar-refractivity contribution is -0.122. The molecule has 4 nitrogen and oxygen atoms in total. The Bertz CT molecular complexity index is 772. The molecule has 128 valence electrons. The zero-order valence-corrected chi connectivity index (χ0v) is 14.1. The molecule has 3 aliphatic rings. The number of hydrogen-bond donors (Lipinski definition) is 1. The molecule has 1 fully saturated rings. The number of carbonyl (C=O) groups is 1. The molecule has 0 saturated heterocycles. The van der Waals surface area contributed by atoms with E-state index in [-0.39, 0.29) is 11.8 Å². The first-order valence-electron chi connectivity index (χ1n) is 8.89. The van der Waals surface area contributed by atoms with Gasteiger partial charge in [0.05, 0.1) is 0 Å². The van der Waals surface area contributed by atoms with Crippen LogP contribution in [0.5, 0.6) is 5.75 Å². The SMILES string of the molecule is O=C(Nc1cccc(OCc2cccnc2)c1)C1CC2C=CC1CC2. The highest BCUT2D eigenvalue weighted by Crippen LogP contribution is 2.40. The van der Waals surface area contributed by atoms with Crippen LogP contribution in [0.4, 0.5) is 5.69 Å². The third-order valence-electron chi connectivity index (χ3n) is 5.14. The largest absolute Gasteiger partial charge is 0.489 e. The summed E-state index contributed by atoms with van der Waals surface area (Å²) in [6.45, 7) is 0.461. The Kier molecular flexibility index (Phi) is 4.51. The topological polar surface area (TPSA) is 51.2 Å². The number of carbonyl (C=O) groups excluding carboxylic acids is 1. The van der Waals surface area contributed by atoms with Gasteiger partial charge in [-0.2, -0.15) is 0 Å². The van der Waals surface area contributed by atoms with Crippen LogP contribution >= 0.6 is 0 Å². The quantitative estimate of drug-likeness (QED) is 0.834. The van der Waals surface area contributed by atoms with E-state index in [1.165, 1.54) is 6.42 Å². The molecule has 0 radical (unpaired) electrons. The van der Waals surface area contributed by atoms with E-state index in [0.717, 1.165) is 29.8 Å². The molecule has 3 unspecified atom stereocenters. The van der Waals surface area contributed by atoms with Crippen LogP contribution in [-0.2, 0) is 11.4 Å². The summed E-state index contributed by atoms with van der Waals surface area (Å²) >= 11 is 0. The van der Waals surface area contributed by atoms with E-state index in [4.69, 9.17) is 4.74 Å². The van der Waals surface area contributed by atoms with E-state index in [0.29, 0.717) is 18.4 Å². The van der Waals surface area contributed by atoms with Gasteiger partial charge in [-0.15, -0.1) is 0 Å². The van der Waals surface area contributed by atoms with E-state index >= 15 is 0 Å². The molecule has 1 N–H and O–H groups in total. The van der Waals surface area contributed by atoms with Crippen molar-refractivity contribution in [2.75, 3.05) is 5.32 Å². The molecule has 1 aromatic heterocycles. The maximum Gasteiger partial charge on any atom is 0.228 e. The van der Waals surface area contributed by atoms with Crippen LogP contribution < -0.4 is 10.1 Å². The molecular formula is C21H22N2O2. The van der Waals surface area contributed by atoms with Crippen LogP contribution in [0.3, 0.4) is 0 Å². The van der Waals surface area contributed by atoms with E-state index in [1.807, 2.05) is 36.4 Å². The smallest absolute Gasteiger partial charge is 0.228 e. The molecule has 1 amide bonds. The van der Waals surface area contributed by atoms with Gasteiger partial charge in [0, 0.05) is 35.6 Å². The van der Waals surface area contributed by atoms with Gasteiger partial charge in [-0.1, -0.05) is 24.3 Å². The minimum Gasteiger partial charge on any atom is -0.489 e. The number of nitrogens with one attached hydrogen (secondary N) is 1. The Morgan fingerprint density at radius 2 is 2.16 bits per heavy atom. The number of benzene rings is 1. The van der Waals surface area contributed by atoms with Crippen molar-refractivity contribution in [3.05, 3.63) is 66.5 Å². The monoisotopic (exact) mass is 334 g/mol. The van der Waals surface area contributed by atoms with Crippen molar-refractivity contribution in [2.24, 2.45) is 17.8 Å². The minimum atomic E-state index is 0.101. The highest BCUT2D eigenvalue weighted by atomic mass is 16.5. The summed E-state index contributed by atoms with van der Waals surface area (Å²) in [5, 5.41) is 3.07. The number of rotatable bonds is 5. The summed E-state index contributed by atoms with van der Waals surface area (Å²) in [5.41, 5.74) is 1.81. The molecule has 2 aromatic rings. The van der Waals surface area contributed by atoms with Crippen molar-refractivity contribution in [1.82, 2.24) is 4.98 Å². The molecule has 4 heteroatoms. The summed E-state index contributed by atoms with van der Waals surface area (Å²) in [7, 11) is 0. The van der Waals surface area contributed by atoms with Crippen molar-refractivity contribution in [1.29, 1.82) is 0 Å². The molecule has 0 spiro atoms. The van der Waals surface area contributed by atoms with Crippen molar-refractivity contribution in [3.8, 4) is 5.75 Å². The second kappa shape index (κ2) is 7.09.